The number of nitrogens with zero attached hydrogens (tertiary/aromatic N) is 1. The molecule has 2 aliphatic carbocycles. The van der Waals surface area contributed by atoms with Crippen molar-refractivity contribution in [1.82, 2.24) is 10.3 Å². The first-order valence-electron chi connectivity index (χ1n) is 11.6. The molecule has 2 N–H and O–H groups in total. The molecule has 0 spiro atoms. The van der Waals surface area contributed by atoms with E-state index in [-0.39, 0.29) is 40.5 Å². The molecule has 1 heterocycles. The summed E-state index contributed by atoms with van der Waals surface area (Å²) in [6.45, 7) is 0. The van der Waals surface area contributed by atoms with Crippen LogP contribution in [0.15, 0.2) is 18.2 Å². The maximum atomic E-state index is 13.6. The number of aromatic amines is 1. The maximum Gasteiger partial charge on any atom is 0.224 e. The second-order valence-corrected chi connectivity index (χ2v) is 9.78. The molecule has 0 unspecified atom stereocenters. The van der Waals surface area contributed by atoms with Crippen molar-refractivity contribution in [3.8, 4) is 6.07 Å². The Kier molecular flexibility index (Phi) is 7.14. The normalized spacial score (nSPS) is 20.3. The van der Waals surface area contributed by atoms with Crippen LogP contribution in [0.25, 0.3) is 10.9 Å². The van der Waals surface area contributed by atoms with Crippen LogP contribution < -0.4 is 5.32 Å². The number of Topliss-reactive ketones (excluding diaryl/α,β-unsaturated/α-hetero) is 2. The fraction of sp³-hybridized carbons (Fsp3) is 0.520. The maximum absolute atomic E-state index is 13.6. The zero-order valence-electron chi connectivity index (χ0n) is 18.3. The number of hydrogen-bond acceptors (Lipinski definition) is 4. The van der Waals surface area contributed by atoms with Crippen molar-refractivity contribution < 1.29 is 18.8 Å². The topological polar surface area (TPSA) is 103 Å². The third-order valence-electron chi connectivity index (χ3n) is 6.74. The molecular formula is C25H27ClFN3O3. The van der Waals surface area contributed by atoms with Gasteiger partial charge >= 0.3 is 0 Å². The van der Waals surface area contributed by atoms with Crippen LogP contribution in [0.3, 0.4) is 0 Å². The zero-order chi connectivity index (χ0) is 23.5. The summed E-state index contributed by atoms with van der Waals surface area (Å²) in [5.74, 6) is -1.28. The fourth-order valence-electron chi connectivity index (χ4n) is 4.71. The number of rotatable bonds is 9. The van der Waals surface area contributed by atoms with Gasteiger partial charge in [0.05, 0.1) is 22.3 Å². The van der Waals surface area contributed by atoms with Gasteiger partial charge in [0.1, 0.15) is 17.6 Å². The van der Waals surface area contributed by atoms with Gasteiger partial charge < -0.3 is 10.3 Å². The molecule has 0 aliphatic heterocycles. The van der Waals surface area contributed by atoms with Gasteiger partial charge in [-0.1, -0.05) is 30.9 Å². The summed E-state index contributed by atoms with van der Waals surface area (Å²) < 4.78 is 13.6. The Hall–Kier alpha value is -2.72. The van der Waals surface area contributed by atoms with E-state index in [0.29, 0.717) is 36.1 Å². The van der Waals surface area contributed by atoms with Gasteiger partial charge in [0.25, 0.3) is 0 Å². The highest BCUT2D eigenvalue weighted by Crippen LogP contribution is 2.37. The van der Waals surface area contributed by atoms with Crippen LogP contribution in [0, 0.1) is 34.9 Å². The predicted molar refractivity (Wildman–Crippen MR) is 122 cm³/mol. The number of amides is 1. The van der Waals surface area contributed by atoms with Gasteiger partial charge in [0, 0.05) is 30.1 Å². The van der Waals surface area contributed by atoms with Crippen molar-refractivity contribution in [1.29, 1.82) is 5.26 Å². The second kappa shape index (κ2) is 10.0. The highest BCUT2D eigenvalue weighted by atomic mass is 35.5. The summed E-state index contributed by atoms with van der Waals surface area (Å²) in [6.07, 6.45) is 6.06. The summed E-state index contributed by atoms with van der Waals surface area (Å²) in [6, 6.07) is 5.38. The molecule has 1 amide bonds. The van der Waals surface area contributed by atoms with E-state index < -0.39 is 17.8 Å². The van der Waals surface area contributed by atoms with Crippen LogP contribution in [0.2, 0.25) is 5.02 Å². The minimum Gasteiger partial charge on any atom is -0.351 e. The van der Waals surface area contributed by atoms with E-state index in [1.165, 1.54) is 12.1 Å². The van der Waals surface area contributed by atoms with Crippen LogP contribution in [-0.2, 0) is 9.59 Å². The third-order valence-corrected chi connectivity index (χ3v) is 7.03. The average Bonchev–Trinajstić information content (AvgIpc) is 3.49. The molecule has 2 saturated carbocycles. The van der Waals surface area contributed by atoms with Crippen molar-refractivity contribution in [2.45, 2.75) is 63.8 Å². The largest absolute Gasteiger partial charge is 0.351 e. The number of benzene rings is 1. The van der Waals surface area contributed by atoms with Crippen LogP contribution in [0.1, 0.15) is 68.3 Å². The highest BCUT2D eigenvalue weighted by molar-refractivity contribution is 6.35. The number of carbonyl (C=O) groups excluding carboxylic acids is 3. The third kappa shape index (κ3) is 5.80. The lowest BCUT2D eigenvalue weighted by molar-refractivity contribution is -0.127. The number of carbonyl (C=O) groups is 3. The molecule has 6 nitrogen and oxygen atoms in total. The number of ketones is 2. The lowest BCUT2D eigenvalue weighted by Crippen LogP contribution is -2.41. The lowest BCUT2D eigenvalue weighted by atomic mass is 9.83. The van der Waals surface area contributed by atoms with Gasteiger partial charge in [0.15, 0.2) is 5.78 Å². The summed E-state index contributed by atoms with van der Waals surface area (Å²) in [4.78, 5) is 41.1. The molecule has 33 heavy (non-hydrogen) atoms. The van der Waals surface area contributed by atoms with Gasteiger partial charge in [-0.15, -0.1) is 0 Å². The molecule has 1 aromatic carbocycles. The van der Waals surface area contributed by atoms with Crippen LogP contribution in [-0.4, -0.2) is 28.5 Å². The molecule has 8 heteroatoms. The number of H-pyrrole nitrogens is 1. The van der Waals surface area contributed by atoms with E-state index in [0.717, 1.165) is 32.1 Å². The lowest BCUT2D eigenvalue weighted by Gasteiger charge is -2.24. The highest BCUT2D eigenvalue weighted by Gasteiger charge is 2.33. The van der Waals surface area contributed by atoms with Crippen molar-refractivity contribution in [2.24, 2.45) is 17.8 Å². The summed E-state index contributed by atoms with van der Waals surface area (Å²) in [7, 11) is 0. The molecule has 0 radical (unpaired) electrons. The quantitative estimate of drug-likeness (QED) is 0.496. The van der Waals surface area contributed by atoms with Gasteiger partial charge in [-0.05, 0) is 49.8 Å². The van der Waals surface area contributed by atoms with Crippen molar-refractivity contribution in [3.05, 3.63) is 34.7 Å². The first-order chi connectivity index (χ1) is 15.8. The number of halogens is 2. The minimum atomic E-state index is -0.754. The van der Waals surface area contributed by atoms with E-state index in [2.05, 4.69) is 16.4 Å². The average molecular weight is 472 g/mol. The first kappa shape index (κ1) is 23.4. The predicted octanol–water partition coefficient (Wildman–Crippen LogP) is 5.11. The molecule has 0 saturated heterocycles. The number of nitriles is 1. The minimum absolute atomic E-state index is 0.0181. The van der Waals surface area contributed by atoms with Crippen LogP contribution >= 0.6 is 11.6 Å². The number of aromatic nitrogens is 1. The first-order valence-corrected chi connectivity index (χ1v) is 12.0. The Morgan fingerprint density at radius 3 is 2.70 bits per heavy atom. The summed E-state index contributed by atoms with van der Waals surface area (Å²) in [5, 5.41) is 13.0. The Bertz CT molecular complexity index is 1120. The van der Waals surface area contributed by atoms with E-state index in [1.807, 2.05) is 0 Å². The monoisotopic (exact) mass is 471 g/mol. The van der Waals surface area contributed by atoms with E-state index in [4.69, 9.17) is 11.6 Å². The molecule has 1 aromatic heterocycles. The molecule has 0 bridgehead atoms. The van der Waals surface area contributed by atoms with Gasteiger partial charge in [0.2, 0.25) is 5.91 Å². The Balaban J connectivity index is 1.44. The summed E-state index contributed by atoms with van der Waals surface area (Å²) >= 11 is 6.08. The fourth-order valence-corrected chi connectivity index (χ4v) is 4.97. The van der Waals surface area contributed by atoms with E-state index in [9.17, 15) is 24.0 Å². The van der Waals surface area contributed by atoms with Crippen LogP contribution in [0.5, 0.6) is 0 Å². The Labute approximate surface area is 196 Å². The number of nitrogens with one attached hydrogen (secondary N) is 2. The standard InChI is InChI=1S/C25H27ClFN3O3/c26-20-12-18(27)8-16-10-21(30-24(16)20)23(32)11-17(7-14-5-6-14)25(33)29-19(13-28)9-15-3-1-2-4-22(15)31/h8,10,12,14-15,17,19,30H,1-7,9,11H2,(H,29,33)/t15-,17+,19-/m0/s1. The Morgan fingerprint density at radius 2 is 2.00 bits per heavy atom. The number of hydrogen-bond donors (Lipinski definition) is 2. The molecule has 3 atom stereocenters. The molecule has 2 aliphatic rings. The molecule has 174 valence electrons. The van der Waals surface area contributed by atoms with Crippen molar-refractivity contribution in [2.75, 3.05) is 0 Å². The van der Waals surface area contributed by atoms with Crippen molar-refractivity contribution in [3.63, 3.8) is 0 Å². The van der Waals surface area contributed by atoms with Gasteiger partial charge in [-0.25, -0.2) is 4.39 Å². The van der Waals surface area contributed by atoms with Crippen LogP contribution in [0.4, 0.5) is 4.39 Å². The molecule has 2 aromatic rings. The molecule has 2 fully saturated rings. The smallest absolute Gasteiger partial charge is 0.224 e. The molecular weight excluding hydrogens is 445 g/mol. The van der Waals surface area contributed by atoms with Gasteiger partial charge in [-0.3, -0.25) is 14.4 Å². The SMILES string of the molecule is N#C[C@H](C[C@@H]1CCCCC1=O)NC(=O)[C@@H](CC(=O)c1cc2cc(F)cc(Cl)c2[nH]1)CC1CC1. The zero-order valence-corrected chi connectivity index (χ0v) is 19.1. The summed E-state index contributed by atoms with van der Waals surface area (Å²) in [5.41, 5.74) is 0.752. The van der Waals surface area contributed by atoms with Crippen molar-refractivity contribution >= 4 is 40.0 Å². The number of fused-ring (bicyclic) bond motifs is 1. The second-order valence-electron chi connectivity index (χ2n) is 9.37. The van der Waals surface area contributed by atoms with E-state index >= 15 is 0 Å². The Morgan fingerprint density at radius 1 is 1.21 bits per heavy atom. The van der Waals surface area contributed by atoms with E-state index in [1.54, 1.807) is 6.07 Å². The molecule has 4 rings (SSSR count). The van der Waals surface area contributed by atoms with Gasteiger partial charge in [-0.2, -0.15) is 5.26 Å².